The average Bonchev–Trinajstić information content (AvgIpc) is 2.38. The summed E-state index contributed by atoms with van der Waals surface area (Å²) >= 11 is 0. The van der Waals surface area contributed by atoms with Gasteiger partial charge < -0.3 is 14.7 Å². The maximum Gasteiger partial charge on any atom is 0.328 e. The number of carboxylic acids is 1. The summed E-state index contributed by atoms with van der Waals surface area (Å²) in [5.41, 5.74) is 1.06. The number of halogens is 1. The smallest absolute Gasteiger partial charge is 0.328 e. The van der Waals surface area contributed by atoms with E-state index in [0.29, 0.717) is 31.0 Å². The summed E-state index contributed by atoms with van der Waals surface area (Å²) < 4.78 is 19.4. The van der Waals surface area contributed by atoms with Crippen LogP contribution in [0.2, 0.25) is 0 Å². The van der Waals surface area contributed by atoms with Crippen LogP contribution in [0.15, 0.2) is 24.3 Å². The zero-order chi connectivity index (χ0) is 13.8. The van der Waals surface area contributed by atoms with Crippen LogP contribution in [0.3, 0.4) is 0 Å². The minimum atomic E-state index is -1.05. The van der Waals surface area contributed by atoms with Gasteiger partial charge in [0.25, 0.3) is 0 Å². The molecule has 1 aliphatic rings. The predicted octanol–water partition coefficient (Wildman–Crippen LogP) is 2.15. The number of carboxylic acid groups (broad SMARTS) is 1. The summed E-state index contributed by atoms with van der Waals surface area (Å²) in [5.74, 6) is -1.40. The lowest BCUT2D eigenvalue weighted by molar-refractivity contribution is -0.131. The van der Waals surface area contributed by atoms with Gasteiger partial charge in [-0.25, -0.2) is 9.18 Å². The molecule has 0 radical (unpaired) electrons. The summed E-state index contributed by atoms with van der Waals surface area (Å²) in [6.45, 7) is 3.81. The number of ether oxygens (including phenoxy) is 1. The Bertz CT molecular complexity index is 501. The highest BCUT2D eigenvalue weighted by atomic mass is 19.1. The number of aliphatic carboxylic acids is 1. The number of hydrogen-bond acceptors (Lipinski definition) is 3. The predicted molar refractivity (Wildman–Crippen MR) is 70.7 cm³/mol. The fourth-order valence-electron chi connectivity index (χ4n) is 2.11. The monoisotopic (exact) mass is 265 g/mol. The van der Waals surface area contributed by atoms with Crippen molar-refractivity contribution in [3.8, 4) is 0 Å². The molecule has 2 rings (SSSR count). The molecule has 1 aliphatic heterocycles. The Morgan fingerprint density at radius 1 is 1.58 bits per heavy atom. The lowest BCUT2D eigenvalue weighted by atomic mass is 10.1. The van der Waals surface area contributed by atoms with E-state index < -0.39 is 5.97 Å². The van der Waals surface area contributed by atoms with Crippen molar-refractivity contribution in [3.05, 3.63) is 35.7 Å². The van der Waals surface area contributed by atoms with E-state index in [9.17, 15) is 9.18 Å². The molecule has 1 unspecified atom stereocenters. The van der Waals surface area contributed by atoms with Crippen LogP contribution in [0.4, 0.5) is 10.1 Å². The molecule has 4 nitrogen and oxygen atoms in total. The minimum absolute atomic E-state index is 0.128. The van der Waals surface area contributed by atoms with Crippen LogP contribution in [0, 0.1) is 5.82 Å². The molecule has 1 aromatic rings. The van der Waals surface area contributed by atoms with Gasteiger partial charge in [0.2, 0.25) is 0 Å². The number of rotatable bonds is 3. The number of morpholine rings is 1. The van der Waals surface area contributed by atoms with E-state index in [1.807, 2.05) is 11.8 Å². The number of hydrogen-bond donors (Lipinski definition) is 1. The molecule has 0 spiro atoms. The van der Waals surface area contributed by atoms with E-state index in [1.54, 1.807) is 12.1 Å². The lowest BCUT2D eigenvalue weighted by Gasteiger charge is -2.35. The van der Waals surface area contributed by atoms with Gasteiger partial charge in [0.15, 0.2) is 0 Å². The highest BCUT2D eigenvalue weighted by Gasteiger charge is 2.21. The quantitative estimate of drug-likeness (QED) is 0.851. The van der Waals surface area contributed by atoms with Crippen LogP contribution in [0.25, 0.3) is 6.08 Å². The van der Waals surface area contributed by atoms with Crippen molar-refractivity contribution in [3.63, 3.8) is 0 Å². The maximum atomic E-state index is 14.1. The Balaban J connectivity index is 2.21. The van der Waals surface area contributed by atoms with Gasteiger partial charge in [-0.3, -0.25) is 0 Å². The molecular weight excluding hydrogens is 249 g/mol. The largest absolute Gasteiger partial charge is 0.478 e. The summed E-state index contributed by atoms with van der Waals surface area (Å²) in [5, 5.41) is 8.53. The van der Waals surface area contributed by atoms with Crippen LogP contribution >= 0.6 is 0 Å². The number of carbonyl (C=O) groups is 1. The summed E-state index contributed by atoms with van der Waals surface area (Å²) in [6, 6.07) is 4.86. The zero-order valence-electron chi connectivity index (χ0n) is 10.7. The molecule has 1 saturated heterocycles. The molecular formula is C14H16FNO3. The molecule has 1 heterocycles. The molecule has 0 bridgehead atoms. The first-order valence-corrected chi connectivity index (χ1v) is 6.13. The Labute approximate surface area is 111 Å². The van der Waals surface area contributed by atoms with Crippen LogP contribution in [0.1, 0.15) is 12.5 Å². The van der Waals surface area contributed by atoms with Crippen LogP contribution in [-0.2, 0) is 9.53 Å². The SMILES string of the molecule is CC1COCCN1c1ccc(/C=C/C(=O)O)cc1F. The molecule has 0 aliphatic carbocycles. The second-order valence-corrected chi connectivity index (χ2v) is 4.50. The molecule has 5 heteroatoms. The van der Waals surface area contributed by atoms with Gasteiger partial charge in [-0.1, -0.05) is 6.07 Å². The lowest BCUT2D eigenvalue weighted by Crippen LogP contribution is -2.44. The molecule has 0 saturated carbocycles. The highest BCUT2D eigenvalue weighted by Crippen LogP contribution is 2.24. The first-order chi connectivity index (χ1) is 9.08. The van der Waals surface area contributed by atoms with E-state index in [4.69, 9.17) is 9.84 Å². The minimum Gasteiger partial charge on any atom is -0.478 e. The van der Waals surface area contributed by atoms with Crippen molar-refractivity contribution in [2.24, 2.45) is 0 Å². The van der Waals surface area contributed by atoms with Gasteiger partial charge in [-0.2, -0.15) is 0 Å². The van der Waals surface area contributed by atoms with E-state index >= 15 is 0 Å². The molecule has 19 heavy (non-hydrogen) atoms. The van der Waals surface area contributed by atoms with Crippen LogP contribution < -0.4 is 4.90 Å². The second-order valence-electron chi connectivity index (χ2n) is 4.50. The normalized spacial score (nSPS) is 19.9. The molecule has 1 N–H and O–H groups in total. The first kappa shape index (κ1) is 13.5. The van der Waals surface area contributed by atoms with Gasteiger partial charge in [-0.05, 0) is 30.7 Å². The van der Waals surface area contributed by atoms with Crippen LogP contribution in [0.5, 0.6) is 0 Å². The van der Waals surface area contributed by atoms with E-state index in [-0.39, 0.29) is 11.9 Å². The average molecular weight is 265 g/mol. The topological polar surface area (TPSA) is 49.8 Å². The second kappa shape index (κ2) is 5.84. The Morgan fingerprint density at radius 3 is 3.00 bits per heavy atom. The maximum absolute atomic E-state index is 14.1. The van der Waals surface area contributed by atoms with E-state index in [0.717, 1.165) is 6.08 Å². The van der Waals surface area contributed by atoms with Crippen molar-refractivity contribution in [1.29, 1.82) is 0 Å². The van der Waals surface area contributed by atoms with Gasteiger partial charge in [0.1, 0.15) is 5.82 Å². The Morgan fingerprint density at radius 2 is 2.37 bits per heavy atom. The third-order valence-electron chi connectivity index (χ3n) is 3.07. The fraction of sp³-hybridized carbons (Fsp3) is 0.357. The molecule has 1 aromatic carbocycles. The standard InChI is InChI=1S/C14H16FNO3/c1-10-9-19-7-6-16(10)13-4-2-11(8-12(13)15)3-5-14(17)18/h2-5,8,10H,6-7,9H2,1H3,(H,17,18)/b5-3+. The van der Waals surface area contributed by atoms with Gasteiger partial charge in [0.05, 0.1) is 18.9 Å². The van der Waals surface area contributed by atoms with Crippen molar-refractivity contribution in [1.82, 2.24) is 0 Å². The van der Waals surface area contributed by atoms with E-state index in [1.165, 1.54) is 12.1 Å². The third-order valence-corrected chi connectivity index (χ3v) is 3.07. The number of nitrogens with zero attached hydrogens (tertiary/aromatic N) is 1. The molecule has 0 aromatic heterocycles. The van der Waals surface area contributed by atoms with Crippen molar-refractivity contribution in [2.45, 2.75) is 13.0 Å². The highest BCUT2D eigenvalue weighted by molar-refractivity contribution is 5.85. The summed E-state index contributed by atoms with van der Waals surface area (Å²) in [6.07, 6.45) is 2.36. The van der Waals surface area contributed by atoms with E-state index in [2.05, 4.69) is 0 Å². The van der Waals surface area contributed by atoms with Gasteiger partial charge >= 0.3 is 5.97 Å². The summed E-state index contributed by atoms with van der Waals surface area (Å²) in [4.78, 5) is 12.4. The fourth-order valence-corrected chi connectivity index (χ4v) is 2.11. The van der Waals surface area contributed by atoms with Crippen LogP contribution in [-0.4, -0.2) is 36.9 Å². The molecule has 0 amide bonds. The first-order valence-electron chi connectivity index (χ1n) is 6.13. The Hall–Kier alpha value is -1.88. The summed E-state index contributed by atoms with van der Waals surface area (Å²) in [7, 11) is 0. The van der Waals surface area contributed by atoms with Gasteiger partial charge in [-0.15, -0.1) is 0 Å². The third kappa shape index (κ3) is 3.32. The number of benzene rings is 1. The molecule has 102 valence electrons. The zero-order valence-corrected chi connectivity index (χ0v) is 10.7. The number of anilines is 1. The van der Waals surface area contributed by atoms with Crippen molar-refractivity contribution < 1.29 is 19.0 Å². The van der Waals surface area contributed by atoms with Gasteiger partial charge in [0, 0.05) is 18.7 Å². The Kier molecular flexibility index (Phi) is 4.16. The van der Waals surface area contributed by atoms with Crippen molar-refractivity contribution in [2.75, 3.05) is 24.7 Å². The molecule has 1 fully saturated rings. The molecule has 1 atom stereocenters. The van der Waals surface area contributed by atoms with Crippen molar-refractivity contribution >= 4 is 17.7 Å².